The first-order chi connectivity index (χ1) is 10.1. The molecule has 0 amide bonds. The van der Waals surface area contributed by atoms with Crippen molar-refractivity contribution in [3.05, 3.63) is 57.4 Å². The van der Waals surface area contributed by atoms with E-state index in [1.54, 1.807) is 12.1 Å². The van der Waals surface area contributed by atoms with E-state index in [1.807, 2.05) is 6.92 Å². The number of hydrogen-bond acceptors (Lipinski definition) is 2. The number of halogens is 1. The third kappa shape index (κ3) is 1.73. The molecule has 1 N–H and O–H groups in total. The summed E-state index contributed by atoms with van der Waals surface area (Å²) in [5.41, 5.74) is 4.92. The number of fused-ring (bicyclic) bond motifs is 2. The highest BCUT2D eigenvalue weighted by Gasteiger charge is 2.21. The lowest BCUT2D eigenvalue weighted by Crippen LogP contribution is -2.20. The summed E-state index contributed by atoms with van der Waals surface area (Å²) in [6, 6.07) is 6.27. The molecule has 0 saturated heterocycles. The van der Waals surface area contributed by atoms with Gasteiger partial charge in [-0.25, -0.2) is 13.9 Å². The molecule has 106 valence electrons. The summed E-state index contributed by atoms with van der Waals surface area (Å²) in [4.78, 5) is 17.2. The number of aromatic nitrogens is 3. The molecular formula is C16H14FN3O. The van der Waals surface area contributed by atoms with Gasteiger partial charge in [0, 0.05) is 16.8 Å². The highest BCUT2D eigenvalue weighted by molar-refractivity contribution is 5.79. The molecule has 1 aliphatic rings. The molecule has 0 spiro atoms. The van der Waals surface area contributed by atoms with Gasteiger partial charge in [0.15, 0.2) is 5.65 Å². The van der Waals surface area contributed by atoms with Crippen molar-refractivity contribution in [3.63, 3.8) is 0 Å². The van der Waals surface area contributed by atoms with Crippen LogP contribution in [0.2, 0.25) is 0 Å². The molecule has 1 aliphatic carbocycles. The van der Waals surface area contributed by atoms with Crippen molar-refractivity contribution in [2.45, 2.75) is 26.2 Å². The van der Waals surface area contributed by atoms with Crippen LogP contribution in [-0.4, -0.2) is 14.6 Å². The summed E-state index contributed by atoms with van der Waals surface area (Å²) in [6.45, 7) is 1.90. The fraction of sp³-hybridized carbons (Fsp3) is 0.250. The van der Waals surface area contributed by atoms with E-state index in [1.165, 1.54) is 16.6 Å². The van der Waals surface area contributed by atoms with E-state index in [0.29, 0.717) is 5.65 Å². The first kappa shape index (κ1) is 12.3. The summed E-state index contributed by atoms with van der Waals surface area (Å²) in [5.74, 6) is -0.276. The molecule has 0 saturated carbocycles. The highest BCUT2D eigenvalue weighted by Crippen LogP contribution is 2.28. The zero-order valence-corrected chi connectivity index (χ0v) is 11.6. The molecule has 4 rings (SSSR count). The van der Waals surface area contributed by atoms with E-state index in [2.05, 4.69) is 10.1 Å². The van der Waals surface area contributed by atoms with Gasteiger partial charge in [0.1, 0.15) is 5.82 Å². The van der Waals surface area contributed by atoms with Crippen LogP contribution < -0.4 is 5.56 Å². The zero-order chi connectivity index (χ0) is 14.6. The highest BCUT2D eigenvalue weighted by atomic mass is 19.1. The third-order valence-electron chi connectivity index (χ3n) is 4.11. The largest absolute Gasteiger partial charge is 0.293 e. The van der Waals surface area contributed by atoms with E-state index < -0.39 is 0 Å². The maximum Gasteiger partial charge on any atom is 0.276 e. The van der Waals surface area contributed by atoms with Crippen LogP contribution in [-0.2, 0) is 12.8 Å². The third-order valence-corrected chi connectivity index (χ3v) is 4.11. The number of benzene rings is 1. The molecule has 0 fully saturated rings. The molecule has 0 bridgehead atoms. The summed E-state index contributed by atoms with van der Waals surface area (Å²) >= 11 is 0. The summed E-state index contributed by atoms with van der Waals surface area (Å²) in [6.07, 6.45) is 2.64. The van der Waals surface area contributed by atoms with Gasteiger partial charge in [0.25, 0.3) is 5.56 Å². The topological polar surface area (TPSA) is 50.2 Å². The van der Waals surface area contributed by atoms with Gasteiger partial charge in [-0.2, -0.15) is 0 Å². The van der Waals surface area contributed by atoms with Gasteiger partial charge in [-0.05, 0) is 43.9 Å². The van der Waals surface area contributed by atoms with Crippen LogP contribution in [0.3, 0.4) is 0 Å². The Balaban J connectivity index is 2.06. The molecular weight excluding hydrogens is 269 g/mol. The fourth-order valence-electron chi connectivity index (χ4n) is 3.12. The van der Waals surface area contributed by atoms with Crippen LogP contribution >= 0.6 is 0 Å². The average Bonchev–Trinajstić information content (AvgIpc) is 3.05. The molecule has 0 atom stereocenters. The van der Waals surface area contributed by atoms with Crippen molar-refractivity contribution in [1.82, 2.24) is 14.6 Å². The Morgan fingerprint density at radius 2 is 2.00 bits per heavy atom. The minimum Gasteiger partial charge on any atom is -0.293 e. The number of nitrogens with one attached hydrogen (secondary N) is 1. The summed E-state index contributed by atoms with van der Waals surface area (Å²) in [7, 11) is 0. The van der Waals surface area contributed by atoms with Gasteiger partial charge in [0.05, 0.1) is 5.69 Å². The lowest BCUT2D eigenvalue weighted by Gasteiger charge is -2.02. The van der Waals surface area contributed by atoms with E-state index in [4.69, 9.17) is 0 Å². The molecule has 21 heavy (non-hydrogen) atoms. The van der Waals surface area contributed by atoms with Gasteiger partial charge in [-0.15, -0.1) is 0 Å². The second-order valence-electron chi connectivity index (χ2n) is 5.47. The van der Waals surface area contributed by atoms with Crippen LogP contribution in [0.15, 0.2) is 29.1 Å². The van der Waals surface area contributed by atoms with Crippen LogP contribution in [0.25, 0.3) is 16.8 Å². The number of aryl methyl sites for hydroxylation is 2. The average molecular weight is 283 g/mol. The normalized spacial score (nSPS) is 13.8. The molecule has 0 radical (unpaired) electrons. The minimum absolute atomic E-state index is 0.0102. The quantitative estimate of drug-likeness (QED) is 0.746. The molecule has 4 nitrogen and oxygen atoms in total. The van der Waals surface area contributed by atoms with Crippen molar-refractivity contribution in [3.8, 4) is 11.1 Å². The Bertz CT molecular complexity index is 906. The first-order valence-corrected chi connectivity index (χ1v) is 7.04. The smallest absolute Gasteiger partial charge is 0.276 e. The van der Waals surface area contributed by atoms with Gasteiger partial charge in [-0.1, -0.05) is 12.1 Å². The van der Waals surface area contributed by atoms with Gasteiger partial charge in [0.2, 0.25) is 0 Å². The monoisotopic (exact) mass is 283 g/mol. The molecule has 0 aliphatic heterocycles. The number of nitrogens with zero attached hydrogens (tertiary/aromatic N) is 2. The van der Waals surface area contributed by atoms with Crippen LogP contribution in [0.5, 0.6) is 0 Å². The minimum atomic E-state index is -0.276. The van der Waals surface area contributed by atoms with E-state index in [-0.39, 0.29) is 11.4 Å². The molecule has 1 aromatic carbocycles. The molecule has 2 heterocycles. The van der Waals surface area contributed by atoms with Gasteiger partial charge < -0.3 is 0 Å². The maximum atomic E-state index is 13.1. The maximum absolute atomic E-state index is 13.1. The predicted molar refractivity (Wildman–Crippen MR) is 78.0 cm³/mol. The van der Waals surface area contributed by atoms with E-state index in [9.17, 15) is 9.18 Å². The van der Waals surface area contributed by atoms with Crippen molar-refractivity contribution in [2.24, 2.45) is 0 Å². The van der Waals surface area contributed by atoms with Crippen LogP contribution in [0.1, 0.15) is 23.4 Å². The van der Waals surface area contributed by atoms with Crippen LogP contribution in [0, 0.1) is 12.7 Å². The van der Waals surface area contributed by atoms with Gasteiger partial charge in [-0.3, -0.25) is 9.89 Å². The number of aromatic amines is 1. The molecule has 5 heteroatoms. The lowest BCUT2D eigenvalue weighted by molar-refractivity contribution is 0.628. The molecule has 2 aromatic heterocycles. The Labute approximate surface area is 120 Å². The number of H-pyrrole nitrogens is 1. The second kappa shape index (κ2) is 4.28. The van der Waals surface area contributed by atoms with Crippen LogP contribution in [0.4, 0.5) is 4.39 Å². The first-order valence-electron chi connectivity index (χ1n) is 7.04. The predicted octanol–water partition coefficient (Wildman–Crippen LogP) is 2.63. The zero-order valence-electron chi connectivity index (χ0n) is 11.6. The fourth-order valence-corrected chi connectivity index (χ4v) is 3.12. The Hall–Kier alpha value is -2.43. The standard InChI is InChI=1S/C16H14FN3O/c1-9-14(10-5-7-11(17)8-6-10)15-18-13-4-2-3-12(13)16(21)20(15)19-9/h5-8,19H,2-4H2,1H3. The summed E-state index contributed by atoms with van der Waals surface area (Å²) in [5, 5.41) is 3.09. The van der Waals surface area contributed by atoms with Crippen molar-refractivity contribution in [1.29, 1.82) is 0 Å². The second-order valence-corrected chi connectivity index (χ2v) is 5.47. The Kier molecular flexibility index (Phi) is 2.51. The van der Waals surface area contributed by atoms with Gasteiger partial charge >= 0.3 is 0 Å². The number of hydrogen-bond donors (Lipinski definition) is 1. The SMILES string of the molecule is Cc1[nH]n2c(=O)c3c(nc2c1-c1ccc(F)cc1)CCC3. The van der Waals surface area contributed by atoms with E-state index >= 15 is 0 Å². The number of rotatable bonds is 1. The van der Waals surface area contributed by atoms with Crippen molar-refractivity contribution in [2.75, 3.05) is 0 Å². The molecule has 0 unspecified atom stereocenters. The van der Waals surface area contributed by atoms with Crippen molar-refractivity contribution >= 4 is 5.65 Å². The Morgan fingerprint density at radius 1 is 1.24 bits per heavy atom. The summed E-state index contributed by atoms with van der Waals surface area (Å²) < 4.78 is 14.6. The van der Waals surface area contributed by atoms with E-state index in [0.717, 1.165) is 47.3 Å². The Morgan fingerprint density at radius 3 is 2.76 bits per heavy atom. The van der Waals surface area contributed by atoms with Crippen molar-refractivity contribution < 1.29 is 4.39 Å². The lowest BCUT2D eigenvalue weighted by atomic mass is 10.1. The molecule has 3 aromatic rings.